The zero-order valence-corrected chi connectivity index (χ0v) is 17.3. The van der Waals surface area contributed by atoms with Crippen molar-refractivity contribution in [2.45, 2.75) is 44.2 Å². The van der Waals surface area contributed by atoms with Gasteiger partial charge in [-0.15, -0.1) is 0 Å². The second-order valence-corrected chi connectivity index (χ2v) is 9.17. The molecule has 2 amide bonds. The first-order chi connectivity index (χ1) is 13.9. The van der Waals surface area contributed by atoms with Crippen molar-refractivity contribution >= 4 is 16.1 Å². The van der Waals surface area contributed by atoms with Crippen LogP contribution < -0.4 is 10.6 Å². The average Bonchev–Trinajstić information content (AvgIpc) is 2.74. The van der Waals surface area contributed by atoms with Gasteiger partial charge in [0.1, 0.15) is 5.82 Å². The molecule has 0 aromatic heterocycles. The van der Waals surface area contributed by atoms with Gasteiger partial charge in [-0.25, -0.2) is 17.6 Å². The van der Waals surface area contributed by atoms with Crippen LogP contribution in [-0.2, 0) is 23.1 Å². The van der Waals surface area contributed by atoms with Crippen LogP contribution in [0.4, 0.5) is 9.18 Å². The fraction of sp³-hybridized carbons (Fsp3) is 0.381. The first-order valence-corrected chi connectivity index (χ1v) is 11.2. The first-order valence-electron chi connectivity index (χ1n) is 9.72. The molecule has 0 atom stereocenters. The highest BCUT2D eigenvalue weighted by Crippen LogP contribution is 2.20. The van der Waals surface area contributed by atoms with E-state index < -0.39 is 10.0 Å². The Balaban J connectivity index is 1.50. The fourth-order valence-corrected chi connectivity index (χ4v) is 4.72. The Morgan fingerprint density at radius 3 is 2.17 bits per heavy atom. The van der Waals surface area contributed by atoms with Crippen LogP contribution in [0.25, 0.3) is 0 Å². The van der Waals surface area contributed by atoms with Crippen molar-refractivity contribution < 1.29 is 17.6 Å². The number of urea groups is 1. The Morgan fingerprint density at radius 2 is 1.55 bits per heavy atom. The maximum absolute atomic E-state index is 13.5. The zero-order valence-electron chi connectivity index (χ0n) is 16.4. The van der Waals surface area contributed by atoms with E-state index in [0.29, 0.717) is 24.2 Å². The third-order valence-electron chi connectivity index (χ3n) is 5.02. The van der Waals surface area contributed by atoms with Crippen LogP contribution in [0, 0.1) is 12.7 Å². The molecule has 1 aliphatic heterocycles. The number of hydrogen-bond donors (Lipinski definition) is 2. The normalized spacial score (nSPS) is 15.1. The quantitative estimate of drug-likeness (QED) is 0.754. The van der Waals surface area contributed by atoms with Gasteiger partial charge in [0.2, 0.25) is 10.0 Å². The summed E-state index contributed by atoms with van der Waals surface area (Å²) in [6.07, 6.45) is 2.86. The molecule has 8 heteroatoms. The number of piperidine rings is 1. The number of aryl methyl sites for hydroxylation is 1. The van der Waals surface area contributed by atoms with Crippen LogP contribution in [0.15, 0.2) is 47.4 Å². The van der Waals surface area contributed by atoms with Crippen LogP contribution in [0.3, 0.4) is 0 Å². The molecule has 0 aliphatic carbocycles. The minimum Gasteiger partial charge on any atom is -0.334 e. The number of halogens is 1. The molecule has 2 N–H and O–H groups in total. The topological polar surface area (TPSA) is 78.5 Å². The lowest BCUT2D eigenvalue weighted by atomic mass is 10.1. The molecule has 6 nitrogen and oxygen atoms in total. The molecule has 0 bridgehead atoms. The van der Waals surface area contributed by atoms with Crippen LogP contribution in [0.1, 0.15) is 36.0 Å². The van der Waals surface area contributed by atoms with Crippen LogP contribution in [-0.4, -0.2) is 31.8 Å². The molecular weight excluding hydrogens is 393 g/mol. The number of rotatable bonds is 6. The lowest BCUT2D eigenvalue weighted by Crippen LogP contribution is -2.35. The number of hydrogen-bond acceptors (Lipinski definition) is 3. The molecule has 2 aromatic rings. The van der Waals surface area contributed by atoms with E-state index >= 15 is 0 Å². The van der Waals surface area contributed by atoms with Crippen molar-refractivity contribution in [2.75, 3.05) is 13.1 Å². The lowest BCUT2D eigenvalue weighted by molar-refractivity contribution is 0.240. The number of benzene rings is 2. The van der Waals surface area contributed by atoms with Gasteiger partial charge in [-0.05, 0) is 54.7 Å². The van der Waals surface area contributed by atoms with Gasteiger partial charge in [0.05, 0.1) is 4.90 Å². The number of carbonyl (C=O) groups excluding carboxylic acids is 1. The van der Waals surface area contributed by atoms with E-state index in [-0.39, 0.29) is 29.8 Å². The van der Waals surface area contributed by atoms with Gasteiger partial charge in [0.15, 0.2) is 0 Å². The molecule has 0 unspecified atom stereocenters. The summed E-state index contributed by atoms with van der Waals surface area (Å²) in [5.74, 6) is -0.302. The first kappa shape index (κ1) is 21.3. The van der Waals surface area contributed by atoms with Crippen molar-refractivity contribution in [3.63, 3.8) is 0 Å². The van der Waals surface area contributed by atoms with Crippen LogP contribution in [0.2, 0.25) is 0 Å². The molecule has 1 heterocycles. The summed E-state index contributed by atoms with van der Waals surface area (Å²) >= 11 is 0. The van der Waals surface area contributed by atoms with Gasteiger partial charge >= 0.3 is 6.03 Å². The summed E-state index contributed by atoms with van der Waals surface area (Å²) in [6, 6.07) is 11.0. The molecule has 1 fully saturated rings. The highest BCUT2D eigenvalue weighted by molar-refractivity contribution is 7.89. The predicted molar refractivity (Wildman–Crippen MR) is 109 cm³/mol. The highest BCUT2D eigenvalue weighted by atomic mass is 32.2. The molecule has 0 radical (unpaired) electrons. The molecule has 3 rings (SSSR count). The lowest BCUT2D eigenvalue weighted by Gasteiger charge is -2.25. The fourth-order valence-electron chi connectivity index (χ4n) is 3.21. The summed E-state index contributed by atoms with van der Waals surface area (Å²) in [4.78, 5) is 12.2. The number of amides is 2. The largest absolute Gasteiger partial charge is 0.334 e. The Bertz CT molecular complexity index is 956. The van der Waals surface area contributed by atoms with Crippen molar-refractivity contribution in [3.8, 4) is 0 Å². The van der Waals surface area contributed by atoms with Gasteiger partial charge in [0, 0.05) is 26.2 Å². The highest BCUT2D eigenvalue weighted by Gasteiger charge is 2.25. The van der Waals surface area contributed by atoms with Crippen molar-refractivity contribution in [2.24, 2.45) is 0 Å². The molecule has 2 aromatic carbocycles. The minimum atomic E-state index is -3.45. The molecular formula is C21H26FN3O3S. The molecule has 1 aliphatic rings. The zero-order chi connectivity index (χ0) is 20.9. The minimum absolute atomic E-state index is 0.218. The summed E-state index contributed by atoms with van der Waals surface area (Å²) in [6.45, 7) is 3.30. The smallest absolute Gasteiger partial charge is 0.315 e. The number of nitrogens with zero attached hydrogens (tertiary/aromatic N) is 1. The summed E-state index contributed by atoms with van der Waals surface area (Å²) in [7, 11) is -3.45. The van der Waals surface area contributed by atoms with E-state index in [0.717, 1.165) is 24.8 Å². The van der Waals surface area contributed by atoms with Gasteiger partial charge in [-0.2, -0.15) is 4.31 Å². The van der Waals surface area contributed by atoms with Crippen molar-refractivity contribution in [1.82, 2.24) is 14.9 Å². The monoisotopic (exact) mass is 419 g/mol. The molecule has 156 valence electrons. The second kappa shape index (κ2) is 9.37. The molecule has 0 spiro atoms. The van der Waals surface area contributed by atoms with Crippen molar-refractivity contribution in [1.29, 1.82) is 0 Å². The van der Waals surface area contributed by atoms with E-state index in [1.807, 2.05) is 0 Å². The Morgan fingerprint density at radius 1 is 0.966 bits per heavy atom. The third kappa shape index (κ3) is 5.55. The van der Waals surface area contributed by atoms with E-state index in [2.05, 4.69) is 10.6 Å². The van der Waals surface area contributed by atoms with Crippen molar-refractivity contribution in [3.05, 3.63) is 65.0 Å². The Kier molecular flexibility index (Phi) is 6.87. The van der Waals surface area contributed by atoms with Crippen LogP contribution >= 0.6 is 0 Å². The number of sulfonamides is 1. The van der Waals surface area contributed by atoms with E-state index in [1.165, 1.54) is 10.4 Å². The molecule has 29 heavy (non-hydrogen) atoms. The van der Waals surface area contributed by atoms with Gasteiger partial charge < -0.3 is 10.6 Å². The standard InChI is InChI=1S/C21H26FN3O3S/c1-16-5-6-18(13-20(16)22)15-24-21(26)23-14-17-7-9-19(10-8-17)29(27,28)25-11-3-2-4-12-25/h5-10,13H,2-4,11-12,14-15H2,1H3,(H2,23,24,26). The van der Waals surface area contributed by atoms with E-state index in [4.69, 9.17) is 0 Å². The average molecular weight is 420 g/mol. The van der Waals surface area contributed by atoms with Crippen LogP contribution in [0.5, 0.6) is 0 Å². The van der Waals surface area contributed by atoms with Gasteiger partial charge in [-0.3, -0.25) is 0 Å². The number of nitrogens with one attached hydrogen (secondary N) is 2. The number of carbonyl (C=O) groups is 1. The van der Waals surface area contributed by atoms with E-state index in [1.54, 1.807) is 43.3 Å². The third-order valence-corrected chi connectivity index (χ3v) is 6.93. The SMILES string of the molecule is Cc1ccc(CNC(=O)NCc2ccc(S(=O)(=O)N3CCCCC3)cc2)cc1F. The molecule has 1 saturated heterocycles. The summed E-state index contributed by atoms with van der Waals surface area (Å²) in [5, 5.41) is 5.39. The maximum Gasteiger partial charge on any atom is 0.315 e. The van der Waals surface area contributed by atoms with Gasteiger partial charge in [-0.1, -0.05) is 30.7 Å². The molecule has 0 saturated carbocycles. The Labute approximate surface area is 171 Å². The maximum atomic E-state index is 13.5. The summed E-state index contributed by atoms with van der Waals surface area (Å²) < 4.78 is 40.4. The Hall–Kier alpha value is -2.45. The predicted octanol–water partition coefficient (Wildman–Crippen LogP) is 3.31. The van der Waals surface area contributed by atoms with E-state index in [9.17, 15) is 17.6 Å². The summed E-state index contributed by atoms with van der Waals surface area (Å²) in [5.41, 5.74) is 2.03. The second-order valence-electron chi connectivity index (χ2n) is 7.23. The van der Waals surface area contributed by atoms with Gasteiger partial charge in [0.25, 0.3) is 0 Å².